The van der Waals surface area contributed by atoms with Gasteiger partial charge >= 0.3 is 0 Å². The fraction of sp³-hybridized carbons (Fsp3) is 0.273. The van der Waals surface area contributed by atoms with Gasteiger partial charge < -0.3 is 20.2 Å². The van der Waals surface area contributed by atoms with Crippen molar-refractivity contribution in [3.8, 4) is 16.9 Å². The quantitative estimate of drug-likeness (QED) is 0.664. The van der Waals surface area contributed by atoms with Gasteiger partial charge in [0.2, 0.25) is 0 Å². The Hall–Kier alpha value is -3.12. The molecule has 3 aromatic rings. The van der Waals surface area contributed by atoms with Gasteiger partial charge in [-0.05, 0) is 23.8 Å². The maximum atomic E-state index is 6.07. The molecule has 28 heavy (non-hydrogen) atoms. The summed E-state index contributed by atoms with van der Waals surface area (Å²) in [6, 6.07) is 10.3. The summed E-state index contributed by atoms with van der Waals surface area (Å²) < 4.78 is 11.5. The number of pyridine rings is 1. The number of nitrogens with two attached hydrogens (primary N) is 1. The molecule has 0 unspecified atom stereocenters. The Morgan fingerprint density at radius 2 is 2.07 bits per heavy atom. The standard InChI is InChI=1S/C22H24N4O2/c1-24-12-17(11-23)16-10-20-21(14-26-22(20)25-13-16)15-2-4-18(5-3-15)28-19-6-8-27-9-7-19/h2-5,10-14,19H,6-9,23H2,1H3,(H,25,26). The molecule has 0 spiro atoms. The van der Waals surface area contributed by atoms with E-state index in [1.54, 1.807) is 25.7 Å². The third-order valence-electron chi connectivity index (χ3n) is 4.95. The van der Waals surface area contributed by atoms with E-state index in [4.69, 9.17) is 15.2 Å². The van der Waals surface area contributed by atoms with Crippen LogP contribution in [0.4, 0.5) is 0 Å². The summed E-state index contributed by atoms with van der Waals surface area (Å²) in [4.78, 5) is 11.8. The lowest BCUT2D eigenvalue weighted by molar-refractivity contribution is 0.0256. The average Bonchev–Trinajstić information content (AvgIpc) is 3.16. The summed E-state index contributed by atoms with van der Waals surface area (Å²) in [6.07, 6.45) is 9.18. The first-order valence-corrected chi connectivity index (χ1v) is 9.45. The zero-order chi connectivity index (χ0) is 19.3. The van der Waals surface area contributed by atoms with E-state index in [2.05, 4.69) is 33.2 Å². The second kappa shape index (κ2) is 8.27. The molecule has 0 radical (unpaired) electrons. The molecule has 1 fully saturated rings. The molecule has 2 aromatic heterocycles. The van der Waals surface area contributed by atoms with E-state index in [0.29, 0.717) is 0 Å². The molecule has 3 N–H and O–H groups in total. The van der Waals surface area contributed by atoms with E-state index in [9.17, 15) is 0 Å². The number of H-pyrrole nitrogens is 1. The van der Waals surface area contributed by atoms with Crippen LogP contribution in [0, 0.1) is 0 Å². The highest BCUT2D eigenvalue weighted by atomic mass is 16.5. The molecule has 1 saturated heterocycles. The van der Waals surface area contributed by atoms with Gasteiger partial charge in [0.05, 0.1) is 13.2 Å². The highest BCUT2D eigenvalue weighted by molar-refractivity contribution is 6.10. The molecule has 6 heteroatoms. The summed E-state index contributed by atoms with van der Waals surface area (Å²) >= 11 is 0. The van der Waals surface area contributed by atoms with Gasteiger partial charge in [-0.1, -0.05) is 12.1 Å². The lowest BCUT2D eigenvalue weighted by atomic mass is 10.0. The number of rotatable bonds is 5. The van der Waals surface area contributed by atoms with Crippen molar-refractivity contribution >= 4 is 22.8 Å². The largest absolute Gasteiger partial charge is 0.490 e. The van der Waals surface area contributed by atoms with Crippen molar-refractivity contribution in [2.75, 3.05) is 20.3 Å². The van der Waals surface area contributed by atoms with Crippen molar-refractivity contribution in [1.82, 2.24) is 9.97 Å². The lowest BCUT2D eigenvalue weighted by Gasteiger charge is -2.23. The normalized spacial score (nSPS) is 16.1. The van der Waals surface area contributed by atoms with Gasteiger partial charge in [0.25, 0.3) is 0 Å². The Morgan fingerprint density at radius 3 is 2.79 bits per heavy atom. The van der Waals surface area contributed by atoms with Gasteiger partial charge in [0, 0.05) is 66.8 Å². The molecule has 144 valence electrons. The van der Waals surface area contributed by atoms with Gasteiger partial charge in [0.15, 0.2) is 0 Å². The van der Waals surface area contributed by atoms with Crippen LogP contribution in [0.25, 0.3) is 27.7 Å². The number of allylic oxidation sites excluding steroid dienone is 1. The number of ether oxygens (including phenoxy) is 2. The van der Waals surface area contributed by atoms with Crippen LogP contribution in [0.3, 0.4) is 0 Å². The third-order valence-corrected chi connectivity index (χ3v) is 4.95. The summed E-state index contributed by atoms with van der Waals surface area (Å²) in [6.45, 7) is 1.55. The minimum atomic E-state index is 0.237. The Morgan fingerprint density at radius 1 is 1.29 bits per heavy atom. The van der Waals surface area contributed by atoms with Gasteiger partial charge in [-0.25, -0.2) is 4.98 Å². The molecular formula is C22H24N4O2. The van der Waals surface area contributed by atoms with Crippen LogP contribution in [0.5, 0.6) is 5.75 Å². The van der Waals surface area contributed by atoms with Crippen LogP contribution in [0.2, 0.25) is 0 Å². The first kappa shape index (κ1) is 18.3. The van der Waals surface area contributed by atoms with Crippen molar-refractivity contribution in [1.29, 1.82) is 0 Å². The number of nitrogens with one attached hydrogen (secondary N) is 1. The zero-order valence-corrected chi connectivity index (χ0v) is 15.9. The number of nitrogens with zero attached hydrogens (tertiary/aromatic N) is 2. The first-order valence-electron chi connectivity index (χ1n) is 9.45. The smallest absolute Gasteiger partial charge is 0.137 e. The van der Waals surface area contributed by atoms with Crippen molar-refractivity contribution in [3.05, 3.63) is 54.5 Å². The fourth-order valence-electron chi connectivity index (χ4n) is 3.45. The molecule has 0 atom stereocenters. The van der Waals surface area contributed by atoms with Crippen molar-refractivity contribution < 1.29 is 9.47 Å². The van der Waals surface area contributed by atoms with E-state index in [1.807, 2.05) is 18.3 Å². The Kier molecular flexibility index (Phi) is 5.39. The minimum Gasteiger partial charge on any atom is -0.490 e. The summed E-state index contributed by atoms with van der Waals surface area (Å²) in [5.74, 6) is 0.891. The lowest BCUT2D eigenvalue weighted by Crippen LogP contribution is -2.25. The van der Waals surface area contributed by atoms with Gasteiger partial charge in [-0.15, -0.1) is 0 Å². The summed E-state index contributed by atoms with van der Waals surface area (Å²) in [7, 11) is 1.72. The minimum absolute atomic E-state index is 0.237. The Balaban J connectivity index is 1.61. The number of aromatic amines is 1. The molecule has 1 aromatic carbocycles. The molecule has 1 aliphatic heterocycles. The van der Waals surface area contributed by atoms with Crippen LogP contribution in [-0.2, 0) is 4.74 Å². The number of aromatic nitrogens is 2. The predicted octanol–water partition coefficient (Wildman–Crippen LogP) is 3.79. The van der Waals surface area contributed by atoms with E-state index in [-0.39, 0.29) is 6.10 Å². The Bertz CT molecular complexity index is 999. The highest BCUT2D eigenvalue weighted by Crippen LogP contribution is 2.31. The van der Waals surface area contributed by atoms with Crippen molar-refractivity contribution in [2.45, 2.75) is 18.9 Å². The number of fused-ring (bicyclic) bond motifs is 1. The number of benzene rings is 1. The van der Waals surface area contributed by atoms with Gasteiger partial charge in [-0.2, -0.15) is 0 Å². The molecule has 6 nitrogen and oxygen atoms in total. The molecule has 3 heterocycles. The monoisotopic (exact) mass is 376 g/mol. The molecule has 4 rings (SSSR count). The second-order valence-corrected chi connectivity index (χ2v) is 6.79. The van der Waals surface area contributed by atoms with Crippen LogP contribution >= 0.6 is 0 Å². The van der Waals surface area contributed by atoms with Crippen LogP contribution < -0.4 is 10.5 Å². The SMILES string of the molecule is CN=CC(=CN)c1cnc2[nH]cc(-c3ccc(OC4CCOCC4)cc3)c2c1. The topological polar surface area (TPSA) is 85.5 Å². The molecule has 0 saturated carbocycles. The van der Waals surface area contributed by atoms with Crippen LogP contribution in [0.1, 0.15) is 18.4 Å². The number of hydrogen-bond acceptors (Lipinski definition) is 5. The second-order valence-electron chi connectivity index (χ2n) is 6.79. The maximum Gasteiger partial charge on any atom is 0.137 e. The van der Waals surface area contributed by atoms with E-state index in [1.165, 1.54) is 0 Å². The average molecular weight is 376 g/mol. The predicted molar refractivity (Wildman–Crippen MR) is 113 cm³/mol. The van der Waals surface area contributed by atoms with Crippen LogP contribution in [-0.4, -0.2) is 42.5 Å². The number of aliphatic imine (C=N–C) groups is 1. The van der Waals surface area contributed by atoms with Crippen molar-refractivity contribution in [3.63, 3.8) is 0 Å². The van der Waals surface area contributed by atoms with Gasteiger partial charge in [0.1, 0.15) is 17.5 Å². The molecule has 0 aliphatic carbocycles. The van der Waals surface area contributed by atoms with E-state index in [0.717, 1.165) is 65.1 Å². The summed E-state index contributed by atoms with van der Waals surface area (Å²) in [5, 5.41) is 1.04. The van der Waals surface area contributed by atoms with E-state index < -0.39 is 0 Å². The molecule has 0 bridgehead atoms. The highest BCUT2D eigenvalue weighted by Gasteiger charge is 2.15. The number of hydrogen-bond donors (Lipinski definition) is 2. The molecule has 0 amide bonds. The van der Waals surface area contributed by atoms with E-state index >= 15 is 0 Å². The summed E-state index contributed by atoms with van der Waals surface area (Å²) in [5.41, 5.74) is 10.5. The maximum absolute atomic E-state index is 6.07. The van der Waals surface area contributed by atoms with Gasteiger partial charge in [-0.3, -0.25) is 4.99 Å². The molecular weight excluding hydrogens is 352 g/mol. The molecule has 1 aliphatic rings. The first-order chi connectivity index (χ1) is 13.8. The zero-order valence-electron chi connectivity index (χ0n) is 15.9. The fourth-order valence-corrected chi connectivity index (χ4v) is 3.45. The van der Waals surface area contributed by atoms with Crippen molar-refractivity contribution in [2.24, 2.45) is 10.7 Å². The Labute approximate surface area is 164 Å². The third kappa shape index (κ3) is 3.77. The van der Waals surface area contributed by atoms with Crippen LogP contribution in [0.15, 0.2) is 53.9 Å².